The summed E-state index contributed by atoms with van der Waals surface area (Å²) in [6, 6.07) is 7.24. The number of thiazole rings is 1. The predicted molar refractivity (Wildman–Crippen MR) is 109 cm³/mol. The number of carbonyl (C=O) groups excluding carboxylic acids is 1. The van der Waals surface area contributed by atoms with Gasteiger partial charge >= 0.3 is 0 Å². The van der Waals surface area contributed by atoms with Gasteiger partial charge in [0.15, 0.2) is 5.13 Å². The number of amides is 1. The van der Waals surface area contributed by atoms with Gasteiger partial charge in [0.2, 0.25) is 15.9 Å². The summed E-state index contributed by atoms with van der Waals surface area (Å²) in [5.41, 5.74) is 1.60. The zero-order chi connectivity index (χ0) is 19.6. The smallest absolute Gasteiger partial charge is 0.250 e. The second-order valence-electron chi connectivity index (χ2n) is 6.41. The number of halogens is 1. The number of hydrogen-bond acceptors (Lipinski definition) is 5. The molecular weight excluding hydrogens is 406 g/mol. The van der Waals surface area contributed by atoms with E-state index in [-0.39, 0.29) is 5.91 Å². The zero-order valence-corrected chi connectivity index (χ0v) is 17.4. The lowest BCUT2D eigenvalue weighted by Crippen LogP contribution is -2.39. The Bertz CT molecular complexity index is 983. The van der Waals surface area contributed by atoms with Crippen LogP contribution < -0.4 is 5.32 Å². The maximum atomic E-state index is 12.3. The molecule has 1 aromatic carbocycles. The molecule has 6 nitrogen and oxygen atoms in total. The number of anilines is 1. The number of aromatic nitrogens is 1. The Balaban J connectivity index is 1.68. The van der Waals surface area contributed by atoms with Gasteiger partial charge in [0.1, 0.15) is 0 Å². The van der Waals surface area contributed by atoms with Gasteiger partial charge in [-0.25, -0.2) is 13.4 Å². The molecule has 3 rings (SSSR count). The molecule has 0 radical (unpaired) electrons. The third kappa shape index (κ3) is 4.57. The number of hydrogen-bond donors (Lipinski definition) is 1. The van der Waals surface area contributed by atoms with Crippen LogP contribution in [0.5, 0.6) is 0 Å². The van der Waals surface area contributed by atoms with E-state index in [1.165, 1.54) is 21.7 Å². The quantitative estimate of drug-likeness (QED) is 0.743. The molecule has 0 spiro atoms. The first kappa shape index (κ1) is 20.0. The van der Waals surface area contributed by atoms with E-state index >= 15 is 0 Å². The fourth-order valence-corrected chi connectivity index (χ4v) is 5.22. The van der Waals surface area contributed by atoms with Crippen molar-refractivity contribution < 1.29 is 13.2 Å². The van der Waals surface area contributed by atoms with Crippen molar-refractivity contribution in [3.05, 3.63) is 51.5 Å². The molecule has 0 aliphatic carbocycles. The molecule has 1 N–H and O–H groups in total. The van der Waals surface area contributed by atoms with Crippen molar-refractivity contribution in [3.8, 4) is 0 Å². The molecule has 144 valence electrons. The van der Waals surface area contributed by atoms with E-state index in [1.54, 1.807) is 26.0 Å². The van der Waals surface area contributed by atoms with Crippen molar-refractivity contribution in [2.24, 2.45) is 0 Å². The first-order valence-corrected chi connectivity index (χ1v) is 11.2. The fraction of sp³-hybridized carbons (Fsp3) is 0.333. The van der Waals surface area contributed by atoms with E-state index in [1.807, 2.05) is 18.2 Å². The highest BCUT2D eigenvalue weighted by atomic mass is 35.5. The van der Waals surface area contributed by atoms with Crippen LogP contribution in [0.25, 0.3) is 6.08 Å². The van der Waals surface area contributed by atoms with Crippen LogP contribution in [0.2, 0.25) is 5.02 Å². The number of carbonyl (C=O) groups is 1. The number of sulfonamides is 1. The SMILES string of the molecule is CC(C)S(=O)(=O)N1CCc2nc(NC(=O)/C=C/c3ccccc3Cl)sc2C1. The molecule has 1 aliphatic rings. The number of benzene rings is 1. The van der Waals surface area contributed by atoms with Crippen LogP contribution >= 0.6 is 22.9 Å². The molecular formula is C18H20ClN3O3S2. The molecule has 0 saturated carbocycles. The minimum atomic E-state index is -3.30. The highest BCUT2D eigenvalue weighted by molar-refractivity contribution is 7.89. The highest BCUT2D eigenvalue weighted by Gasteiger charge is 2.31. The molecule has 0 bridgehead atoms. The van der Waals surface area contributed by atoms with Gasteiger partial charge in [0.05, 0.1) is 10.9 Å². The minimum absolute atomic E-state index is 0.304. The highest BCUT2D eigenvalue weighted by Crippen LogP contribution is 2.30. The Morgan fingerprint density at radius 3 is 2.81 bits per heavy atom. The number of nitrogens with zero attached hydrogens (tertiary/aromatic N) is 2. The third-order valence-corrected chi connectivity index (χ3v) is 7.77. The second-order valence-corrected chi connectivity index (χ2v) is 10.4. The second kappa shape index (κ2) is 8.10. The summed E-state index contributed by atoms with van der Waals surface area (Å²) in [4.78, 5) is 17.4. The standard InChI is InChI=1S/C18H20ClN3O3S2/c1-12(2)27(24,25)22-10-9-15-16(11-22)26-18(20-15)21-17(23)8-7-13-5-3-4-6-14(13)19/h3-8,12H,9-11H2,1-2H3,(H,20,21,23)/b8-7+. The van der Waals surface area contributed by atoms with Gasteiger partial charge in [-0.05, 0) is 31.6 Å². The summed E-state index contributed by atoms with van der Waals surface area (Å²) in [7, 11) is -3.30. The monoisotopic (exact) mass is 425 g/mol. The van der Waals surface area contributed by atoms with Crippen LogP contribution in [-0.4, -0.2) is 35.4 Å². The molecule has 2 heterocycles. The van der Waals surface area contributed by atoms with E-state index in [2.05, 4.69) is 10.3 Å². The summed E-state index contributed by atoms with van der Waals surface area (Å²) in [6.45, 7) is 4.07. The van der Waals surface area contributed by atoms with E-state index in [0.717, 1.165) is 16.1 Å². The van der Waals surface area contributed by atoms with E-state index in [9.17, 15) is 13.2 Å². The van der Waals surface area contributed by atoms with Crippen molar-refractivity contribution in [3.63, 3.8) is 0 Å². The molecule has 0 fully saturated rings. The van der Waals surface area contributed by atoms with E-state index in [0.29, 0.717) is 29.7 Å². The van der Waals surface area contributed by atoms with Crippen LogP contribution in [0.15, 0.2) is 30.3 Å². The lowest BCUT2D eigenvalue weighted by molar-refractivity contribution is -0.111. The van der Waals surface area contributed by atoms with Gasteiger partial charge in [0, 0.05) is 35.5 Å². The van der Waals surface area contributed by atoms with Crippen molar-refractivity contribution >= 4 is 50.1 Å². The lowest BCUT2D eigenvalue weighted by atomic mass is 10.2. The van der Waals surface area contributed by atoms with Gasteiger partial charge < -0.3 is 0 Å². The van der Waals surface area contributed by atoms with E-state index < -0.39 is 15.3 Å². The van der Waals surface area contributed by atoms with Crippen molar-refractivity contribution in [2.75, 3.05) is 11.9 Å². The number of nitrogens with one attached hydrogen (secondary N) is 1. The Labute approximate surface area is 167 Å². The van der Waals surface area contributed by atoms with Gasteiger partial charge in [0.25, 0.3) is 0 Å². The van der Waals surface area contributed by atoms with Crippen molar-refractivity contribution in [1.82, 2.24) is 9.29 Å². The number of rotatable bonds is 5. The molecule has 2 aromatic rings. The van der Waals surface area contributed by atoms with Gasteiger partial charge in [-0.1, -0.05) is 29.8 Å². The van der Waals surface area contributed by atoms with Gasteiger partial charge in [-0.2, -0.15) is 4.31 Å². The topological polar surface area (TPSA) is 79.4 Å². The molecule has 0 unspecified atom stereocenters. The molecule has 1 aromatic heterocycles. The summed E-state index contributed by atoms with van der Waals surface area (Å²) in [6.07, 6.45) is 3.59. The molecule has 0 atom stereocenters. The molecule has 0 saturated heterocycles. The van der Waals surface area contributed by atoms with Crippen LogP contribution in [0.4, 0.5) is 5.13 Å². The third-order valence-electron chi connectivity index (χ3n) is 4.20. The summed E-state index contributed by atoms with van der Waals surface area (Å²) >= 11 is 7.37. The van der Waals surface area contributed by atoms with Crippen LogP contribution in [0.3, 0.4) is 0 Å². The first-order valence-electron chi connectivity index (χ1n) is 8.48. The molecule has 27 heavy (non-hydrogen) atoms. The number of fused-ring (bicyclic) bond motifs is 1. The Morgan fingerprint density at radius 2 is 2.11 bits per heavy atom. The maximum Gasteiger partial charge on any atom is 0.250 e. The molecule has 1 aliphatic heterocycles. The van der Waals surface area contributed by atoms with Gasteiger partial charge in [-0.15, -0.1) is 11.3 Å². The largest absolute Gasteiger partial charge is 0.298 e. The maximum absolute atomic E-state index is 12.3. The first-order chi connectivity index (χ1) is 12.8. The van der Waals surface area contributed by atoms with Crippen LogP contribution in [-0.2, 0) is 27.8 Å². The minimum Gasteiger partial charge on any atom is -0.298 e. The average Bonchev–Trinajstić information content (AvgIpc) is 3.02. The Kier molecular flexibility index (Phi) is 6.00. The summed E-state index contributed by atoms with van der Waals surface area (Å²) < 4.78 is 26.2. The van der Waals surface area contributed by atoms with Crippen molar-refractivity contribution in [1.29, 1.82) is 0 Å². The molecule has 1 amide bonds. The predicted octanol–water partition coefficient (Wildman–Crippen LogP) is 3.54. The molecule has 9 heteroatoms. The van der Waals surface area contributed by atoms with Crippen molar-refractivity contribution in [2.45, 2.75) is 32.1 Å². The lowest BCUT2D eigenvalue weighted by Gasteiger charge is -2.26. The normalized spacial score (nSPS) is 15.3. The van der Waals surface area contributed by atoms with E-state index in [4.69, 9.17) is 11.6 Å². The fourth-order valence-electron chi connectivity index (χ4n) is 2.66. The zero-order valence-electron chi connectivity index (χ0n) is 15.0. The average molecular weight is 426 g/mol. The van der Waals surface area contributed by atoms with Gasteiger partial charge in [-0.3, -0.25) is 10.1 Å². The Morgan fingerprint density at radius 1 is 1.37 bits per heavy atom. The van der Waals surface area contributed by atoms with Crippen LogP contribution in [0, 0.1) is 0 Å². The Hall–Kier alpha value is -1.74. The summed E-state index contributed by atoms with van der Waals surface area (Å²) in [5.74, 6) is -0.312. The van der Waals surface area contributed by atoms with Crippen LogP contribution in [0.1, 0.15) is 30.0 Å². The summed E-state index contributed by atoms with van der Waals surface area (Å²) in [5, 5.41) is 3.32.